The molecule has 0 fully saturated rings. The van der Waals surface area contributed by atoms with Crippen LogP contribution in [0.1, 0.15) is 11.5 Å². The summed E-state index contributed by atoms with van der Waals surface area (Å²) in [6.45, 7) is 0.125. The van der Waals surface area contributed by atoms with Crippen molar-refractivity contribution in [3.05, 3.63) is 54.4 Å². The van der Waals surface area contributed by atoms with E-state index in [9.17, 15) is 9.90 Å². The van der Waals surface area contributed by atoms with Gasteiger partial charge in [-0.25, -0.2) is 0 Å². The molecule has 0 saturated carbocycles. The van der Waals surface area contributed by atoms with Crippen molar-refractivity contribution in [3.63, 3.8) is 0 Å². The van der Waals surface area contributed by atoms with Crippen LogP contribution in [-0.4, -0.2) is 29.8 Å². The second-order valence-electron chi connectivity index (χ2n) is 4.16. The molecule has 2 aromatic rings. The van der Waals surface area contributed by atoms with Gasteiger partial charge in [-0.3, -0.25) is 9.78 Å². The second kappa shape index (κ2) is 6.56. The summed E-state index contributed by atoms with van der Waals surface area (Å²) in [5.74, 6) is -0.310. The Labute approximate surface area is 116 Å². The van der Waals surface area contributed by atoms with E-state index >= 15 is 0 Å². The van der Waals surface area contributed by atoms with Crippen LogP contribution in [0.25, 0.3) is 0 Å². The van der Waals surface area contributed by atoms with Gasteiger partial charge in [-0.15, -0.1) is 0 Å². The van der Waals surface area contributed by atoms with Crippen molar-refractivity contribution < 1.29 is 19.4 Å². The number of methoxy groups -OCH3 is 1. The molecule has 5 heteroatoms. The number of carbonyl (C=O) groups is 1. The molecule has 0 radical (unpaired) electrons. The molecule has 1 aromatic carbocycles. The second-order valence-corrected chi connectivity index (χ2v) is 4.16. The number of ether oxygens (including phenoxy) is 2. The zero-order chi connectivity index (χ0) is 14.4. The van der Waals surface area contributed by atoms with Gasteiger partial charge in [0.05, 0.1) is 7.11 Å². The van der Waals surface area contributed by atoms with Crippen LogP contribution in [0.15, 0.2) is 48.8 Å². The molecular formula is C15H15NO4. The molecule has 0 bridgehead atoms. The number of aromatic nitrogens is 1. The van der Waals surface area contributed by atoms with E-state index in [0.717, 1.165) is 5.56 Å². The highest BCUT2D eigenvalue weighted by molar-refractivity contribution is 5.78. The molecule has 0 amide bonds. The minimum absolute atomic E-state index is 0.112. The number of rotatable bonds is 5. The van der Waals surface area contributed by atoms with Crippen molar-refractivity contribution in [2.24, 2.45) is 0 Å². The first-order valence-corrected chi connectivity index (χ1v) is 6.10. The zero-order valence-electron chi connectivity index (χ0n) is 11.0. The van der Waals surface area contributed by atoms with Crippen molar-refractivity contribution in [1.29, 1.82) is 0 Å². The van der Waals surface area contributed by atoms with Gasteiger partial charge in [0.25, 0.3) is 0 Å². The first-order chi connectivity index (χ1) is 9.70. The molecule has 1 aromatic heterocycles. The van der Waals surface area contributed by atoms with Gasteiger partial charge in [0.15, 0.2) is 0 Å². The lowest BCUT2D eigenvalue weighted by Crippen LogP contribution is -2.21. The van der Waals surface area contributed by atoms with E-state index in [2.05, 4.69) is 4.98 Å². The number of pyridine rings is 1. The monoisotopic (exact) mass is 273 g/mol. The van der Waals surface area contributed by atoms with Crippen molar-refractivity contribution in [1.82, 2.24) is 4.98 Å². The molecule has 1 atom stereocenters. The Morgan fingerprint density at radius 2 is 2.05 bits per heavy atom. The number of benzene rings is 1. The fourth-order valence-electron chi connectivity index (χ4n) is 1.79. The number of phenols is 1. The van der Waals surface area contributed by atoms with Gasteiger partial charge in [0.1, 0.15) is 24.0 Å². The lowest BCUT2D eigenvalue weighted by molar-refractivity contribution is -0.143. The van der Waals surface area contributed by atoms with Gasteiger partial charge in [-0.2, -0.15) is 0 Å². The minimum Gasteiger partial charge on any atom is -0.508 e. The summed E-state index contributed by atoms with van der Waals surface area (Å²) in [4.78, 5) is 15.7. The molecular weight excluding hydrogens is 258 g/mol. The lowest BCUT2D eigenvalue weighted by atomic mass is 10.0. The number of phenolic OH excluding ortho intramolecular Hbond substituents is 1. The first-order valence-electron chi connectivity index (χ1n) is 6.10. The maximum atomic E-state index is 11.8. The number of nitrogens with zero attached hydrogens (tertiary/aromatic N) is 1. The molecule has 0 aliphatic heterocycles. The summed E-state index contributed by atoms with van der Waals surface area (Å²) in [5.41, 5.74) is 0.770. The number of aromatic hydroxyl groups is 1. The average Bonchev–Trinajstić information content (AvgIpc) is 2.48. The maximum Gasteiger partial charge on any atom is 0.316 e. The number of hydrogen-bond donors (Lipinski definition) is 1. The standard InChI is InChI=1S/C15H15NO4/c1-19-15(18)14(11-5-7-16-8-6-11)10-20-13-4-2-3-12(17)9-13/h2-9,14,17H,10H2,1H3. The van der Waals surface area contributed by atoms with Crippen LogP contribution in [0, 0.1) is 0 Å². The van der Waals surface area contributed by atoms with Crippen LogP contribution < -0.4 is 4.74 Å². The molecule has 20 heavy (non-hydrogen) atoms. The summed E-state index contributed by atoms with van der Waals surface area (Å²) in [6.07, 6.45) is 3.22. The van der Waals surface area contributed by atoms with Gasteiger partial charge in [0.2, 0.25) is 0 Å². The Morgan fingerprint density at radius 1 is 1.30 bits per heavy atom. The molecule has 2 rings (SSSR count). The summed E-state index contributed by atoms with van der Waals surface area (Å²) in [5, 5.41) is 9.37. The van der Waals surface area contributed by atoms with E-state index in [1.54, 1.807) is 42.7 Å². The Balaban J connectivity index is 2.11. The first kappa shape index (κ1) is 13.9. The van der Waals surface area contributed by atoms with Gasteiger partial charge in [-0.05, 0) is 29.8 Å². The highest BCUT2D eigenvalue weighted by Gasteiger charge is 2.22. The van der Waals surface area contributed by atoms with Gasteiger partial charge < -0.3 is 14.6 Å². The van der Waals surface area contributed by atoms with Crippen LogP contribution in [-0.2, 0) is 9.53 Å². The highest BCUT2D eigenvalue weighted by atomic mass is 16.5. The van der Waals surface area contributed by atoms with Crippen LogP contribution in [0.3, 0.4) is 0 Å². The summed E-state index contributed by atoms with van der Waals surface area (Å²) in [7, 11) is 1.34. The normalized spacial score (nSPS) is 11.7. The summed E-state index contributed by atoms with van der Waals surface area (Å²) in [6, 6.07) is 9.90. The molecule has 104 valence electrons. The van der Waals surface area contributed by atoms with Gasteiger partial charge >= 0.3 is 5.97 Å². The van der Waals surface area contributed by atoms with Gasteiger partial charge in [0, 0.05) is 18.5 Å². The number of hydrogen-bond acceptors (Lipinski definition) is 5. The van der Waals surface area contributed by atoms with Crippen molar-refractivity contribution in [3.8, 4) is 11.5 Å². The van der Waals surface area contributed by atoms with E-state index in [4.69, 9.17) is 9.47 Å². The van der Waals surface area contributed by atoms with Crippen LogP contribution in [0.5, 0.6) is 11.5 Å². The van der Waals surface area contributed by atoms with Gasteiger partial charge in [-0.1, -0.05) is 6.07 Å². The molecule has 0 saturated heterocycles. The molecule has 1 heterocycles. The topological polar surface area (TPSA) is 68.7 Å². The molecule has 1 N–H and O–H groups in total. The summed E-state index contributed by atoms with van der Waals surface area (Å²) < 4.78 is 10.3. The van der Waals surface area contributed by atoms with E-state index in [1.807, 2.05) is 0 Å². The fraction of sp³-hybridized carbons (Fsp3) is 0.200. The molecule has 0 aliphatic carbocycles. The third kappa shape index (κ3) is 3.47. The Bertz CT molecular complexity index is 571. The highest BCUT2D eigenvalue weighted by Crippen LogP contribution is 2.22. The lowest BCUT2D eigenvalue weighted by Gasteiger charge is -2.16. The SMILES string of the molecule is COC(=O)C(COc1cccc(O)c1)c1ccncc1. The van der Waals surface area contributed by atoms with E-state index in [-0.39, 0.29) is 18.3 Å². The largest absolute Gasteiger partial charge is 0.508 e. The smallest absolute Gasteiger partial charge is 0.316 e. The Hall–Kier alpha value is -2.56. The van der Waals surface area contributed by atoms with E-state index in [0.29, 0.717) is 5.75 Å². The predicted molar refractivity (Wildman–Crippen MR) is 72.6 cm³/mol. The van der Waals surface area contributed by atoms with Crippen LogP contribution >= 0.6 is 0 Å². The van der Waals surface area contributed by atoms with E-state index < -0.39 is 5.92 Å². The third-order valence-electron chi connectivity index (χ3n) is 2.83. The fourth-order valence-corrected chi connectivity index (χ4v) is 1.79. The number of esters is 1. The van der Waals surface area contributed by atoms with Crippen molar-refractivity contribution >= 4 is 5.97 Å². The number of carbonyl (C=O) groups excluding carboxylic acids is 1. The average molecular weight is 273 g/mol. The Kier molecular flexibility index (Phi) is 4.55. The summed E-state index contributed by atoms with van der Waals surface area (Å²) >= 11 is 0. The maximum absolute atomic E-state index is 11.8. The molecule has 5 nitrogen and oxygen atoms in total. The Morgan fingerprint density at radius 3 is 2.70 bits per heavy atom. The van der Waals surface area contributed by atoms with Crippen molar-refractivity contribution in [2.75, 3.05) is 13.7 Å². The quantitative estimate of drug-likeness (QED) is 0.845. The molecule has 0 spiro atoms. The zero-order valence-corrected chi connectivity index (χ0v) is 11.0. The van der Waals surface area contributed by atoms with Crippen LogP contribution in [0.2, 0.25) is 0 Å². The minimum atomic E-state index is -0.537. The van der Waals surface area contributed by atoms with Crippen molar-refractivity contribution in [2.45, 2.75) is 5.92 Å². The van der Waals surface area contributed by atoms with Crippen LogP contribution in [0.4, 0.5) is 0 Å². The molecule has 1 unspecified atom stereocenters. The van der Waals surface area contributed by atoms with E-state index in [1.165, 1.54) is 13.2 Å². The third-order valence-corrected chi connectivity index (χ3v) is 2.83. The predicted octanol–water partition coefficient (Wildman–Crippen LogP) is 2.12. The molecule has 0 aliphatic rings.